The Bertz CT molecular complexity index is 531. The Balaban J connectivity index is 0.00000180. The minimum Gasteiger partial charge on any atom is -0.317 e. The van der Waals surface area contributed by atoms with E-state index in [2.05, 4.69) is 26.0 Å². The van der Waals surface area contributed by atoms with Crippen LogP contribution in [0.1, 0.15) is 18.4 Å². The Labute approximate surface area is 128 Å². The Morgan fingerprint density at radius 2 is 1.95 bits per heavy atom. The lowest BCUT2D eigenvalue weighted by Gasteiger charge is -2.23. The van der Waals surface area contributed by atoms with Gasteiger partial charge in [0.1, 0.15) is 0 Å². The molecule has 2 N–H and O–H groups in total. The second kappa shape index (κ2) is 7.04. The van der Waals surface area contributed by atoms with E-state index < -0.39 is 10.0 Å². The molecule has 0 amide bonds. The largest absolute Gasteiger partial charge is 0.317 e. The standard InChI is InChI=1S/C12H17BrN2O2S.ClH/c1-9-8-10(13)2-3-12(9)18(16,17)15-11-4-6-14-7-5-11;/h2-3,8,11,14-15H,4-7H2,1H3;1H. The third-order valence-corrected chi connectivity index (χ3v) is 5.26. The SMILES string of the molecule is Cc1cc(Br)ccc1S(=O)(=O)NC1CCNCC1.Cl. The summed E-state index contributed by atoms with van der Waals surface area (Å²) in [4.78, 5) is 0.365. The third-order valence-electron chi connectivity index (χ3n) is 3.09. The molecule has 1 saturated heterocycles. The molecule has 1 aromatic rings. The van der Waals surface area contributed by atoms with Crippen LogP contribution in [0.4, 0.5) is 0 Å². The van der Waals surface area contributed by atoms with Crippen LogP contribution in [0.3, 0.4) is 0 Å². The van der Waals surface area contributed by atoms with Gasteiger partial charge in [0, 0.05) is 10.5 Å². The van der Waals surface area contributed by atoms with Crippen LogP contribution in [0, 0.1) is 6.92 Å². The summed E-state index contributed by atoms with van der Waals surface area (Å²) in [5.41, 5.74) is 0.755. The second-order valence-corrected chi connectivity index (χ2v) is 7.15. The first-order chi connectivity index (χ1) is 8.49. The molecule has 7 heteroatoms. The monoisotopic (exact) mass is 368 g/mol. The lowest BCUT2D eigenvalue weighted by molar-refractivity contribution is 0.427. The van der Waals surface area contributed by atoms with Gasteiger partial charge in [-0.05, 0) is 56.6 Å². The number of rotatable bonds is 3. The van der Waals surface area contributed by atoms with Crippen molar-refractivity contribution in [2.45, 2.75) is 30.7 Å². The van der Waals surface area contributed by atoms with Gasteiger partial charge in [0.2, 0.25) is 10.0 Å². The number of hydrogen-bond donors (Lipinski definition) is 2. The second-order valence-electron chi connectivity index (χ2n) is 4.56. The molecule has 0 atom stereocenters. The van der Waals surface area contributed by atoms with Gasteiger partial charge in [0.25, 0.3) is 0 Å². The first kappa shape index (κ1) is 16.9. The number of piperidine rings is 1. The number of hydrogen-bond acceptors (Lipinski definition) is 3. The maximum Gasteiger partial charge on any atom is 0.241 e. The van der Waals surface area contributed by atoms with Gasteiger partial charge < -0.3 is 5.32 Å². The van der Waals surface area contributed by atoms with Crippen LogP contribution in [0.2, 0.25) is 0 Å². The highest BCUT2D eigenvalue weighted by molar-refractivity contribution is 9.10. The van der Waals surface area contributed by atoms with Crippen molar-refractivity contribution in [2.75, 3.05) is 13.1 Å². The van der Waals surface area contributed by atoms with Gasteiger partial charge in [-0.1, -0.05) is 15.9 Å². The Morgan fingerprint density at radius 1 is 1.32 bits per heavy atom. The highest BCUT2D eigenvalue weighted by atomic mass is 79.9. The van der Waals surface area contributed by atoms with Crippen molar-refractivity contribution >= 4 is 38.4 Å². The average molecular weight is 370 g/mol. The summed E-state index contributed by atoms with van der Waals surface area (Å²) in [7, 11) is -3.41. The normalized spacial score (nSPS) is 16.9. The number of benzene rings is 1. The molecule has 1 heterocycles. The smallest absolute Gasteiger partial charge is 0.241 e. The molecule has 0 unspecified atom stereocenters. The van der Waals surface area contributed by atoms with E-state index in [-0.39, 0.29) is 18.4 Å². The van der Waals surface area contributed by atoms with Crippen molar-refractivity contribution in [1.82, 2.24) is 10.0 Å². The fourth-order valence-corrected chi connectivity index (χ4v) is 4.14. The topological polar surface area (TPSA) is 58.2 Å². The molecular formula is C12H18BrClN2O2S. The van der Waals surface area contributed by atoms with E-state index in [0.29, 0.717) is 4.90 Å². The summed E-state index contributed by atoms with van der Waals surface area (Å²) in [6, 6.07) is 5.25. The van der Waals surface area contributed by atoms with E-state index in [1.807, 2.05) is 13.0 Å². The maximum absolute atomic E-state index is 12.3. The van der Waals surface area contributed by atoms with Gasteiger partial charge in [-0.15, -0.1) is 12.4 Å². The van der Waals surface area contributed by atoms with Gasteiger partial charge in [-0.2, -0.15) is 0 Å². The zero-order valence-electron chi connectivity index (χ0n) is 10.6. The molecule has 0 saturated carbocycles. The van der Waals surface area contributed by atoms with Crippen molar-refractivity contribution in [2.24, 2.45) is 0 Å². The lowest BCUT2D eigenvalue weighted by Crippen LogP contribution is -2.42. The third kappa shape index (κ3) is 4.43. The molecule has 19 heavy (non-hydrogen) atoms. The van der Waals surface area contributed by atoms with Gasteiger partial charge in [0.05, 0.1) is 4.90 Å². The van der Waals surface area contributed by atoms with Crippen molar-refractivity contribution in [1.29, 1.82) is 0 Å². The zero-order chi connectivity index (χ0) is 13.2. The highest BCUT2D eigenvalue weighted by Gasteiger charge is 2.22. The van der Waals surface area contributed by atoms with Crippen LogP contribution < -0.4 is 10.0 Å². The van der Waals surface area contributed by atoms with E-state index in [0.717, 1.165) is 36.0 Å². The molecule has 0 radical (unpaired) electrons. The molecule has 0 spiro atoms. The fraction of sp³-hybridized carbons (Fsp3) is 0.500. The fourth-order valence-electron chi connectivity index (χ4n) is 2.14. The quantitative estimate of drug-likeness (QED) is 0.859. The molecule has 1 fully saturated rings. The predicted octanol–water partition coefficient (Wildman–Crippen LogP) is 2.21. The number of aryl methyl sites for hydroxylation is 1. The highest BCUT2D eigenvalue weighted by Crippen LogP contribution is 2.20. The summed E-state index contributed by atoms with van der Waals surface area (Å²) in [5.74, 6) is 0. The molecule has 4 nitrogen and oxygen atoms in total. The van der Waals surface area contributed by atoms with Crippen LogP contribution in [0.15, 0.2) is 27.6 Å². The van der Waals surface area contributed by atoms with Crippen LogP contribution >= 0.6 is 28.3 Å². The predicted molar refractivity (Wildman–Crippen MR) is 82.3 cm³/mol. The Hall–Kier alpha value is -0.140. The van der Waals surface area contributed by atoms with E-state index >= 15 is 0 Å². The first-order valence-electron chi connectivity index (χ1n) is 5.98. The van der Waals surface area contributed by atoms with Crippen molar-refractivity contribution in [3.8, 4) is 0 Å². The van der Waals surface area contributed by atoms with Gasteiger partial charge in [-0.3, -0.25) is 0 Å². The summed E-state index contributed by atoms with van der Waals surface area (Å²) in [6.45, 7) is 3.54. The average Bonchev–Trinajstić information content (AvgIpc) is 2.29. The summed E-state index contributed by atoms with van der Waals surface area (Å²) < 4.78 is 28.2. The molecule has 108 valence electrons. The summed E-state index contributed by atoms with van der Waals surface area (Å²) >= 11 is 3.34. The van der Waals surface area contributed by atoms with Crippen LogP contribution in [0.5, 0.6) is 0 Å². The molecule has 1 aliphatic rings. The summed E-state index contributed by atoms with van der Waals surface area (Å²) in [6.07, 6.45) is 1.68. The molecular weight excluding hydrogens is 352 g/mol. The molecule has 1 aromatic carbocycles. The number of halogens is 2. The van der Waals surface area contributed by atoms with Crippen molar-refractivity contribution in [3.05, 3.63) is 28.2 Å². The van der Waals surface area contributed by atoms with Crippen LogP contribution in [-0.2, 0) is 10.0 Å². The van der Waals surface area contributed by atoms with Crippen LogP contribution in [0.25, 0.3) is 0 Å². The first-order valence-corrected chi connectivity index (χ1v) is 8.26. The van der Waals surface area contributed by atoms with Gasteiger partial charge in [-0.25, -0.2) is 13.1 Å². The molecule has 2 rings (SSSR count). The number of sulfonamides is 1. The van der Waals surface area contributed by atoms with Gasteiger partial charge in [0.15, 0.2) is 0 Å². The zero-order valence-corrected chi connectivity index (χ0v) is 13.9. The van der Waals surface area contributed by atoms with Gasteiger partial charge >= 0.3 is 0 Å². The minimum atomic E-state index is -3.41. The van der Waals surface area contributed by atoms with Crippen LogP contribution in [-0.4, -0.2) is 27.5 Å². The molecule has 1 aliphatic heterocycles. The van der Waals surface area contributed by atoms with E-state index in [9.17, 15) is 8.42 Å². The van der Waals surface area contributed by atoms with E-state index in [1.54, 1.807) is 12.1 Å². The summed E-state index contributed by atoms with van der Waals surface area (Å²) in [5, 5.41) is 3.22. The maximum atomic E-state index is 12.3. The van der Waals surface area contributed by atoms with E-state index in [4.69, 9.17) is 0 Å². The van der Waals surface area contributed by atoms with E-state index in [1.165, 1.54) is 0 Å². The Kier molecular flexibility index (Phi) is 6.26. The van der Waals surface area contributed by atoms with Crippen molar-refractivity contribution < 1.29 is 8.42 Å². The minimum absolute atomic E-state index is 0. The van der Waals surface area contributed by atoms with Crippen molar-refractivity contribution in [3.63, 3.8) is 0 Å². The number of nitrogens with one attached hydrogen (secondary N) is 2. The Morgan fingerprint density at radius 3 is 2.53 bits per heavy atom. The molecule has 0 bridgehead atoms. The molecule has 0 aliphatic carbocycles. The molecule has 0 aromatic heterocycles. The lowest BCUT2D eigenvalue weighted by atomic mass is 10.1.